The molecule has 1 N–H and O–H groups in total. The fraction of sp³-hybridized carbons (Fsp3) is 0.929. The molecule has 1 fully saturated rings. The number of likely N-dealkylation sites (N-methyl/N-ethyl adjacent to an activating group) is 1. The SMILES string of the molecule is CCC(C)N1CCN(CCC(NC)C(=O)OC)CC1. The second-order valence-electron chi connectivity index (χ2n) is 5.29. The van der Waals surface area contributed by atoms with Crippen LogP contribution in [0.1, 0.15) is 26.7 Å². The van der Waals surface area contributed by atoms with Crippen LogP contribution in [0.4, 0.5) is 0 Å². The first-order chi connectivity index (χ1) is 9.12. The fourth-order valence-electron chi connectivity index (χ4n) is 2.52. The van der Waals surface area contributed by atoms with Crippen LogP contribution in [-0.2, 0) is 9.53 Å². The summed E-state index contributed by atoms with van der Waals surface area (Å²) in [5.74, 6) is -0.166. The van der Waals surface area contributed by atoms with Crippen LogP contribution in [0.3, 0.4) is 0 Å². The van der Waals surface area contributed by atoms with Crippen molar-refractivity contribution < 1.29 is 9.53 Å². The Kier molecular flexibility index (Phi) is 7.34. The third-order valence-electron chi connectivity index (χ3n) is 4.19. The molecule has 1 heterocycles. The molecule has 0 aliphatic carbocycles. The first-order valence-corrected chi connectivity index (χ1v) is 7.33. The molecule has 0 radical (unpaired) electrons. The predicted molar refractivity (Wildman–Crippen MR) is 77.2 cm³/mol. The Balaban J connectivity index is 2.27. The molecule has 0 saturated carbocycles. The zero-order valence-electron chi connectivity index (χ0n) is 12.8. The minimum absolute atomic E-state index is 0.166. The summed E-state index contributed by atoms with van der Waals surface area (Å²) in [4.78, 5) is 16.5. The number of hydrogen-bond donors (Lipinski definition) is 1. The molecule has 0 aromatic rings. The van der Waals surface area contributed by atoms with Crippen molar-refractivity contribution in [3.05, 3.63) is 0 Å². The number of piperazine rings is 1. The molecule has 1 aliphatic heterocycles. The molecule has 5 heteroatoms. The van der Waals surface area contributed by atoms with E-state index < -0.39 is 0 Å². The molecule has 0 bridgehead atoms. The second kappa shape index (κ2) is 8.51. The Bertz CT molecular complexity index is 265. The monoisotopic (exact) mass is 271 g/mol. The number of methoxy groups -OCH3 is 1. The van der Waals surface area contributed by atoms with E-state index in [-0.39, 0.29) is 12.0 Å². The zero-order valence-corrected chi connectivity index (χ0v) is 12.8. The van der Waals surface area contributed by atoms with Crippen molar-refractivity contribution in [2.45, 2.75) is 38.8 Å². The highest BCUT2D eigenvalue weighted by molar-refractivity contribution is 5.75. The average Bonchev–Trinajstić information content (AvgIpc) is 2.47. The van der Waals surface area contributed by atoms with Crippen molar-refractivity contribution in [2.75, 3.05) is 46.9 Å². The van der Waals surface area contributed by atoms with Gasteiger partial charge in [0.05, 0.1) is 7.11 Å². The van der Waals surface area contributed by atoms with E-state index >= 15 is 0 Å². The number of ether oxygens (including phenoxy) is 1. The van der Waals surface area contributed by atoms with Crippen LogP contribution in [0.5, 0.6) is 0 Å². The van der Waals surface area contributed by atoms with E-state index in [1.54, 1.807) is 0 Å². The first kappa shape index (κ1) is 16.4. The summed E-state index contributed by atoms with van der Waals surface area (Å²) in [7, 11) is 3.25. The normalized spacial score (nSPS) is 21.1. The molecule has 0 aromatic heterocycles. The van der Waals surface area contributed by atoms with Gasteiger partial charge in [-0.1, -0.05) is 6.92 Å². The van der Waals surface area contributed by atoms with Gasteiger partial charge in [-0.15, -0.1) is 0 Å². The van der Waals surface area contributed by atoms with Crippen LogP contribution in [0.2, 0.25) is 0 Å². The maximum atomic E-state index is 11.5. The van der Waals surface area contributed by atoms with E-state index in [2.05, 4.69) is 29.0 Å². The summed E-state index contributed by atoms with van der Waals surface area (Å²) in [5, 5.41) is 3.02. The highest BCUT2D eigenvalue weighted by Crippen LogP contribution is 2.09. The Morgan fingerprint density at radius 3 is 2.42 bits per heavy atom. The molecule has 1 rings (SSSR count). The Labute approximate surface area is 117 Å². The van der Waals surface area contributed by atoms with Crippen molar-refractivity contribution in [2.24, 2.45) is 0 Å². The number of esters is 1. The van der Waals surface area contributed by atoms with Gasteiger partial charge in [-0.25, -0.2) is 0 Å². The zero-order chi connectivity index (χ0) is 14.3. The minimum Gasteiger partial charge on any atom is -0.468 e. The standard InChI is InChI=1S/C14H29N3O2/c1-5-12(2)17-10-8-16(9-11-17)7-6-13(15-3)14(18)19-4/h12-13,15H,5-11H2,1-4H3. The highest BCUT2D eigenvalue weighted by Gasteiger charge is 2.22. The maximum absolute atomic E-state index is 11.5. The van der Waals surface area contributed by atoms with Crippen molar-refractivity contribution in [3.8, 4) is 0 Å². The average molecular weight is 271 g/mol. The van der Waals surface area contributed by atoms with Crippen molar-refractivity contribution in [1.29, 1.82) is 0 Å². The van der Waals surface area contributed by atoms with E-state index in [1.165, 1.54) is 13.5 Å². The number of carbonyl (C=O) groups is 1. The molecule has 0 spiro atoms. The van der Waals surface area contributed by atoms with Gasteiger partial charge in [0.2, 0.25) is 0 Å². The molecule has 112 valence electrons. The molecular weight excluding hydrogens is 242 g/mol. The Morgan fingerprint density at radius 1 is 1.32 bits per heavy atom. The van der Waals surface area contributed by atoms with Crippen LogP contribution in [0, 0.1) is 0 Å². The molecular formula is C14H29N3O2. The smallest absolute Gasteiger partial charge is 0.322 e. The summed E-state index contributed by atoms with van der Waals surface area (Å²) in [5.41, 5.74) is 0. The van der Waals surface area contributed by atoms with Gasteiger partial charge in [-0.05, 0) is 26.8 Å². The van der Waals surface area contributed by atoms with Crippen molar-refractivity contribution in [3.63, 3.8) is 0 Å². The first-order valence-electron chi connectivity index (χ1n) is 7.33. The lowest BCUT2D eigenvalue weighted by Gasteiger charge is -2.38. The van der Waals surface area contributed by atoms with Crippen molar-refractivity contribution in [1.82, 2.24) is 15.1 Å². The van der Waals surface area contributed by atoms with Crippen LogP contribution in [-0.4, -0.2) is 74.7 Å². The highest BCUT2D eigenvalue weighted by atomic mass is 16.5. The largest absolute Gasteiger partial charge is 0.468 e. The Morgan fingerprint density at radius 2 is 1.95 bits per heavy atom. The Hall–Kier alpha value is -0.650. The van der Waals surface area contributed by atoms with Crippen LogP contribution < -0.4 is 5.32 Å². The van der Waals surface area contributed by atoms with Crippen LogP contribution in [0.25, 0.3) is 0 Å². The molecule has 1 saturated heterocycles. The minimum atomic E-state index is -0.183. The number of hydrogen-bond acceptors (Lipinski definition) is 5. The van der Waals surface area contributed by atoms with E-state index in [1.807, 2.05) is 7.05 Å². The van der Waals surface area contributed by atoms with Gasteiger partial charge >= 0.3 is 5.97 Å². The topological polar surface area (TPSA) is 44.8 Å². The summed E-state index contributed by atoms with van der Waals surface area (Å²) in [6.45, 7) is 9.96. The molecule has 0 amide bonds. The molecule has 2 atom stereocenters. The summed E-state index contributed by atoms with van der Waals surface area (Å²) in [6.07, 6.45) is 2.02. The van der Waals surface area contributed by atoms with Crippen LogP contribution >= 0.6 is 0 Å². The number of rotatable bonds is 7. The lowest BCUT2D eigenvalue weighted by Crippen LogP contribution is -2.50. The van der Waals surface area contributed by atoms with Gasteiger partial charge in [0, 0.05) is 38.8 Å². The lowest BCUT2D eigenvalue weighted by atomic mass is 10.1. The van der Waals surface area contributed by atoms with E-state index in [0.717, 1.165) is 39.1 Å². The third-order valence-corrected chi connectivity index (χ3v) is 4.19. The summed E-state index contributed by atoms with van der Waals surface area (Å²) < 4.78 is 4.78. The van der Waals surface area contributed by atoms with Gasteiger partial charge < -0.3 is 15.0 Å². The maximum Gasteiger partial charge on any atom is 0.322 e. The van der Waals surface area contributed by atoms with Gasteiger partial charge in [0.1, 0.15) is 6.04 Å². The molecule has 19 heavy (non-hydrogen) atoms. The van der Waals surface area contributed by atoms with E-state index in [4.69, 9.17) is 4.74 Å². The third kappa shape index (κ3) is 5.09. The molecule has 5 nitrogen and oxygen atoms in total. The van der Waals surface area contributed by atoms with E-state index in [9.17, 15) is 4.79 Å². The molecule has 2 unspecified atom stereocenters. The van der Waals surface area contributed by atoms with E-state index in [0.29, 0.717) is 6.04 Å². The van der Waals surface area contributed by atoms with Gasteiger partial charge in [0.25, 0.3) is 0 Å². The number of nitrogens with one attached hydrogen (secondary N) is 1. The summed E-state index contributed by atoms with van der Waals surface area (Å²) >= 11 is 0. The van der Waals surface area contributed by atoms with Gasteiger partial charge in [-0.3, -0.25) is 9.69 Å². The summed E-state index contributed by atoms with van der Waals surface area (Å²) in [6, 6.07) is 0.500. The van der Waals surface area contributed by atoms with Gasteiger partial charge in [0.15, 0.2) is 0 Å². The quantitative estimate of drug-likeness (QED) is 0.685. The van der Waals surface area contributed by atoms with Gasteiger partial charge in [-0.2, -0.15) is 0 Å². The van der Waals surface area contributed by atoms with Crippen molar-refractivity contribution >= 4 is 5.97 Å². The van der Waals surface area contributed by atoms with Crippen LogP contribution in [0.15, 0.2) is 0 Å². The predicted octanol–water partition coefficient (Wildman–Crippen LogP) is 0.554. The lowest BCUT2D eigenvalue weighted by molar-refractivity contribution is -0.143. The molecule has 0 aromatic carbocycles. The fourth-order valence-corrected chi connectivity index (χ4v) is 2.52. The number of nitrogens with zero attached hydrogens (tertiary/aromatic N) is 2. The number of carbonyl (C=O) groups excluding carboxylic acids is 1. The molecule has 1 aliphatic rings. The second-order valence-corrected chi connectivity index (χ2v) is 5.29.